The molecule has 0 saturated heterocycles. The van der Waals surface area contributed by atoms with Gasteiger partial charge >= 0.3 is 0 Å². The van der Waals surface area contributed by atoms with Crippen molar-refractivity contribution in [2.24, 2.45) is 5.92 Å². The zero-order chi connectivity index (χ0) is 10.6. The van der Waals surface area contributed by atoms with Crippen LogP contribution in [0.2, 0.25) is 0 Å². The van der Waals surface area contributed by atoms with Crippen LogP contribution >= 0.6 is 11.6 Å². The SMILES string of the molecule is CC(C)C(C)Oc1ccnc(CCl)c1. The molecule has 0 amide bonds. The molecule has 3 heteroatoms. The molecule has 2 nitrogen and oxygen atoms in total. The maximum Gasteiger partial charge on any atom is 0.123 e. The van der Waals surface area contributed by atoms with Crippen LogP contribution in [0.5, 0.6) is 5.75 Å². The van der Waals surface area contributed by atoms with Gasteiger partial charge in [-0.25, -0.2) is 0 Å². The lowest BCUT2D eigenvalue weighted by atomic mass is 10.1. The Hall–Kier alpha value is -0.760. The number of pyridine rings is 1. The summed E-state index contributed by atoms with van der Waals surface area (Å²) in [4.78, 5) is 4.10. The van der Waals surface area contributed by atoms with E-state index in [1.54, 1.807) is 6.20 Å². The summed E-state index contributed by atoms with van der Waals surface area (Å²) in [5.41, 5.74) is 0.847. The zero-order valence-electron chi connectivity index (χ0n) is 8.83. The first kappa shape index (κ1) is 11.3. The number of rotatable bonds is 4. The van der Waals surface area contributed by atoms with Gasteiger partial charge in [0, 0.05) is 12.3 Å². The minimum atomic E-state index is 0.209. The van der Waals surface area contributed by atoms with Crippen molar-refractivity contribution in [1.29, 1.82) is 0 Å². The molecule has 0 radical (unpaired) electrons. The number of nitrogens with zero attached hydrogens (tertiary/aromatic N) is 1. The molecule has 1 aromatic rings. The van der Waals surface area contributed by atoms with E-state index in [0.29, 0.717) is 11.8 Å². The highest BCUT2D eigenvalue weighted by Crippen LogP contribution is 2.16. The average molecular weight is 214 g/mol. The Morgan fingerprint density at radius 1 is 1.43 bits per heavy atom. The first-order valence-corrected chi connectivity index (χ1v) is 5.34. The number of hydrogen-bond acceptors (Lipinski definition) is 2. The van der Waals surface area contributed by atoms with E-state index in [0.717, 1.165) is 11.4 Å². The van der Waals surface area contributed by atoms with E-state index in [2.05, 4.69) is 25.8 Å². The molecule has 0 aliphatic rings. The van der Waals surface area contributed by atoms with Gasteiger partial charge in [-0.15, -0.1) is 11.6 Å². The highest BCUT2D eigenvalue weighted by atomic mass is 35.5. The van der Waals surface area contributed by atoms with Gasteiger partial charge in [0.1, 0.15) is 5.75 Å². The minimum absolute atomic E-state index is 0.209. The van der Waals surface area contributed by atoms with E-state index in [1.165, 1.54) is 0 Å². The van der Waals surface area contributed by atoms with Crippen LogP contribution in [0.15, 0.2) is 18.3 Å². The molecule has 0 bridgehead atoms. The second-order valence-electron chi connectivity index (χ2n) is 3.68. The number of alkyl halides is 1. The van der Waals surface area contributed by atoms with Crippen LogP contribution < -0.4 is 4.74 Å². The van der Waals surface area contributed by atoms with Crippen molar-refractivity contribution in [2.45, 2.75) is 32.8 Å². The third kappa shape index (κ3) is 3.18. The van der Waals surface area contributed by atoms with Crippen molar-refractivity contribution in [3.05, 3.63) is 24.0 Å². The topological polar surface area (TPSA) is 22.1 Å². The molecule has 14 heavy (non-hydrogen) atoms. The summed E-state index contributed by atoms with van der Waals surface area (Å²) < 4.78 is 5.72. The smallest absolute Gasteiger partial charge is 0.123 e. The average Bonchev–Trinajstić information content (AvgIpc) is 2.18. The lowest BCUT2D eigenvalue weighted by Crippen LogP contribution is -2.18. The molecule has 1 unspecified atom stereocenters. The van der Waals surface area contributed by atoms with Crippen LogP contribution in [-0.4, -0.2) is 11.1 Å². The predicted octanol–water partition coefficient (Wildman–Crippen LogP) is 3.24. The molecule has 78 valence electrons. The summed E-state index contributed by atoms with van der Waals surface area (Å²) in [5, 5.41) is 0. The van der Waals surface area contributed by atoms with Crippen LogP contribution in [-0.2, 0) is 5.88 Å². The van der Waals surface area contributed by atoms with Crippen LogP contribution in [0, 0.1) is 5.92 Å². The Kier molecular flexibility index (Phi) is 4.21. The number of halogens is 1. The molecule has 0 aliphatic carbocycles. The van der Waals surface area contributed by atoms with Gasteiger partial charge < -0.3 is 4.74 Å². The molecule has 0 aromatic carbocycles. The Morgan fingerprint density at radius 2 is 2.14 bits per heavy atom. The van der Waals surface area contributed by atoms with Gasteiger partial charge in [0.2, 0.25) is 0 Å². The summed E-state index contributed by atoms with van der Waals surface area (Å²) >= 11 is 5.68. The monoisotopic (exact) mass is 213 g/mol. The van der Waals surface area contributed by atoms with Crippen molar-refractivity contribution >= 4 is 11.6 Å². The summed E-state index contributed by atoms with van der Waals surface area (Å²) in [7, 11) is 0. The predicted molar refractivity (Wildman–Crippen MR) is 58.7 cm³/mol. The lowest BCUT2D eigenvalue weighted by Gasteiger charge is -2.18. The van der Waals surface area contributed by atoms with E-state index >= 15 is 0 Å². The molecule has 0 saturated carbocycles. The van der Waals surface area contributed by atoms with Gasteiger partial charge in [0.25, 0.3) is 0 Å². The fourth-order valence-electron chi connectivity index (χ4n) is 0.953. The van der Waals surface area contributed by atoms with Gasteiger partial charge in [-0.2, -0.15) is 0 Å². The normalized spacial score (nSPS) is 12.9. The third-order valence-electron chi connectivity index (χ3n) is 2.19. The molecule has 0 N–H and O–H groups in total. The third-order valence-corrected chi connectivity index (χ3v) is 2.46. The fraction of sp³-hybridized carbons (Fsp3) is 0.545. The van der Waals surface area contributed by atoms with Gasteiger partial charge in [-0.3, -0.25) is 4.98 Å². The Balaban J connectivity index is 2.66. The zero-order valence-corrected chi connectivity index (χ0v) is 9.58. The van der Waals surface area contributed by atoms with Gasteiger partial charge in [0.05, 0.1) is 17.7 Å². The molecular weight excluding hydrogens is 198 g/mol. The highest BCUT2D eigenvalue weighted by molar-refractivity contribution is 6.16. The molecule has 0 fully saturated rings. The molecule has 1 aromatic heterocycles. The van der Waals surface area contributed by atoms with Gasteiger partial charge in [-0.05, 0) is 18.9 Å². The number of hydrogen-bond donors (Lipinski definition) is 0. The van der Waals surface area contributed by atoms with Crippen LogP contribution in [0.1, 0.15) is 26.5 Å². The summed E-state index contributed by atoms with van der Waals surface area (Å²) in [6.07, 6.45) is 1.93. The summed E-state index contributed by atoms with van der Waals surface area (Å²) in [5.74, 6) is 1.77. The second-order valence-corrected chi connectivity index (χ2v) is 3.95. The maximum absolute atomic E-state index is 5.72. The minimum Gasteiger partial charge on any atom is -0.490 e. The van der Waals surface area contributed by atoms with Gasteiger partial charge in [-0.1, -0.05) is 13.8 Å². The van der Waals surface area contributed by atoms with E-state index < -0.39 is 0 Å². The Morgan fingerprint density at radius 3 is 2.71 bits per heavy atom. The first-order chi connectivity index (χ1) is 6.63. The molecule has 1 heterocycles. The standard InChI is InChI=1S/C11H16ClNO/c1-8(2)9(3)14-11-4-5-13-10(6-11)7-12/h4-6,8-9H,7H2,1-3H3. The lowest BCUT2D eigenvalue weighted by molar-refractivity contribution is 0.170. The Labute approximate surface area is 90.3 Å². The Bertz CT molecular complexity index is 288. The maximum atomic E-state index is 5.72. The first-order valence-electron chi connectivity index (χ1n) is 4.81. The number of ether oxygens (including phenoxy) is 1. The van der Waals surface area contributed by atoms with E-state index in [-0.39, 0.29) is 6.10 Å². The quantitative estimate of drug-likeness (QED) is 0.717. The molecule has 0 spiro atoms. The van der Waals surface area contributed by atoms with Crippen LogP contribution in [0.4, 0.5) is 0 Å². The van der Waals surface area contributed by atoms with Gasteiger partial charge in [0.15, 0.2) is 0 Å². The number of aromatic nitrogens is 1. The molecule has 1 atom stereocenters. The van der Waals surface area contributed by atoms with E-state index in [1.807, 2.05) is 12.1 Å². The van der Waals surface area contributed by atoms with E-state index in [4.69, 9.17) is 16.3 Å². The van der Waals surface area contributed by atoms with Crippen molar-refractivity contribution < 1.29 is 4.74 Å². The highest BCUT2D eigenvalue weighted by Gasteiger charge is 2.08. The van der Waals surface area contributed by atoms with Crippen molar-refractivity contribution in [2.75, 3.05) is 0 Å². The summed E-state index contributed by atoms with van der Waals surface area (Å²) in [6.45, 7) is 6.33. The summed E-state index contributed by atoms with van der Waals surface area (Å²) in [6, 6.07) is 3.74. The largest absolute Gasteiger partial charge is 0.490 e. The fourth-order valence-corrected chi connectivity index (χ4v) is 1.10. The van der Waals surface area contributed by atoms with Crippen molar-refractivity contribution in [1.82, 2.24) is 4.98 Å². The van der Waals surface area contributed by atoms with Crippen LogP contribution in [0.25, 0.3) is 0 Å². The van der Waals surface area contributed by atoms with Crippen molar-refractivity contribution in [3.63, 3.8) is 0 Å². The second kappa shape index (κ2) is 5.20. The van der Waals surface area contributed by atoms with E-state index in [9.17, 15) is 0 Å². The van der Waals surface area contributed by atoms with Crippen LogP contribution in [0.3, 0.4) is 0 Å². The van der Waals surface area contributed by atoms with Crippen molar-refractivity contribution in [3.8, 4) is 5.75 Å². The molecule has 0 aliphatic heterocycles. The molecular formula is C11H16ClNO. The molecule has 1 rings (SSSR count).